The highest BCUT2D eigenvalue weighted by atomic mass is 35.5. The maximum absolute atomic E-state index is 14.8. The average Bonchev–Trinajstić information content (AvgIpc) is 3.49. The van der Waals surface area contributed by atoms with Crippen LogP contribution in [0.4, 0.5) is 4.79 Å². The molecule has 12 heteroatoms. The molecule has 244 valence electrons. The summed E-state index contributed by atoms with van der Waals surface area (Å²) in [5, 5.41) is 10.8. The van der Waals surface area contributed by atoms with Gasteiger partial charge in [-0.1, -0.05) is 47.5 Å². The average molecular weight is 676 g/mol. The van der Waals surface area contributed by atoms with Crippen molar-refractivity contribution in [2.45, 2.75) is 19.0 Å². The lowest BCUT2D eigenvalue weighted by atomic mass is 9.93. The van der Waals surface area contributed by atoms with Crippen LogP contribution in [0.15, 0.2) is 71.7 Å². The number of hydrogen-bond acceptors (Lipinski definition) is 7. The van der Waals surface area contributed by atoms with Crippen molar-refractivity contribution in [1.29, 1.82) is 5.26 Å². The minimum atomic E-state index is -0.512. The van der Waals surface area contributed by atoms with Gasteiger partial charge in [0.1, 0.15) is 17.6 Å². The van der Waals surface area contributed by atoms with Crippen LogP contribution in [0.2, 0.25) is 10.0 Å². The fourth-order valence-corrected chi connectivity index (χ4v) is 6.51. The lowest BCUT2D eigenvalue weighted by Gasteiger charge is -2.39. The number of carbonyl (C=O) groups excluding carboxylic acids is 2. The van der Waals surface area contributed by atoms with Gasteiger partial charge in [-0.15, -0.1) is 0 Å². The molecule has 0 saturated carbocycles. The fraction of sp³-hybridized carbons (Fsp3) is 0.371. The molecule has 3 aromatic carbocycles. The van der Waals surface area contributed by atoms with Crippen LogP contribution in [-0.2, 0) is 9.53 Å². The molecule has 2 saturated heterocycles. The number of ether oxygens (including phenoxy) is 2. The summed E-state index contributed by atoms with van der Waals surface area (Å²) in [6, 6.07) is 21.1. The van der Waals surface area contributed by atoms with Crippen molar-refractivity contribution < 1.29 is 19.1 Å². The quantitative estimate of drug-likeness (QED) is 0.332. The van der Waals surface area contributed by atoms with Gasteiger partial charge >= 0.3 is 6.03 Å². The number of nitriles is 1. The third-order valence-corrected chi connectivity index (χ3v) is 9.22. The Bertz CT molecular complexity index is 1660. The molecule has 3 aliphatic rings. The lowest BCUT2D eigenvalue weighted by molar-refractivity contribution is -0.136. The van der Waals surface area contributed by atoms with Crippen molar-refractivity contribution in [3.05, 3.63) is 99.0 Å². The van der Waals surface area contributed by atoms with Crippen molar-refractivity contribution in [2.75, 3.05) is 65.6 Å². The number of urea groups is 1. The molecule has 0 radical (unpaired) electrons. The van der Waals surface area contributed by atoms with E-state index in [9.17, 15) is 14.9 Å². The maximum Gasteiger partial charge on any atom is 0.326 e. The van der Waals surface area contributed by atoms with Crippen molar-refractivity contribution in [1.82, 2.24) is 19.6 Å². The predicted octanol–water partition coefficient (Wildman–Crippen LogP) is 5.40. The number of rotatable bonds is 7. The van der Waals surface area contributed by atoms with E-state index in [0.717, 1.165) is 11.1 Å². The largest absolute Gasteiger partial charge is 0.493 e. The number of benzene rings is 3. The zero-order valence-corrected chi connectivity index (χ0v) is 27.7. The summed E-state index contributed by atoms with van der Waals surface area (Å²) in [5.74, 6) is 1.01. The van der Waals surface area contributed by atoms with Gasteiger partial charge in [0.2, 0.25) is 5.91 Å². The summed E-state index contributed by atoms with van der Waals surface area (Å²) < 4.78 is 11.4. The Balaban J connectivity index is 1.35. The van der Waals surface area contributed by atoms with Gasteiger partial charge < -0.3 is 19.3 Å². The summed E-state index contributed by atoms with van der Waals surface area (Å²) in [6.45, 7) is 6.91. The summed E-state index contributed by atoms with van der Waals surface area (Å²) in [7, 11) is 0. The second-order valence-corrected chi connectivity index (χ2v) is 12.5. The Labute approximate surface area is 284 Å². The monoisotopic (exact) mass is 674 g/mol. The highest BCUT2D eigenvalue weighted by Crippen LogP contribution is 2.45. The van der Waals surface area contributed by atoms with Gasteiger partial charge in [-0.2, -0.15) is 5.26 Å². The zero-order chi connectivity index (χ0) is 32.9. The van der Waals surface area contributed by atoms with E-state index in [1.165, 1.54) is 0 Å². The van der Waals surface area contributed by atoms with E-state index >= 15 is 0 Å². The summed E-state index contributed by atoms with van der Waals surface area (Å²) in [4.78, 5) is 40.4. The van der Waals surface area contributed by atoms with E-state index in [-0.39, 0.29) is 11.9 Å². The van der Waals surface area contributed by atoms with Gasteiger partial charge in [0.25, 0.3) is 0 Å². The van der Waals surface area contributed by atoms with E-state index in [0.29, 0.717) is 98.4 Å². The number of morpholine rings is 1. The molecule has 47 heavy (non-hydrogen) atoms. The normalized spacial score (nSPS) is 20.1. The number of amidine groups is 1. The molecular formula is C35H36Cl2N6O4. The van der Waals surface area contributed by atoms with Gasteiger partial charge in [0.05, 0.1) is 49.6 Å². The molecule has 0 spiro atoms. The van der Waals surface area contributed by atoms with Crippen molar-refractivity contribution in [3.63, 3.8) is 0 Å². The van der Waals surface area contributed by atoms with Crippen LogP contribution in [0.3, 0.4) is 0 Å². The third-order valence-electron chi connectivity index (χ3n) is 8.71. The Morgan fingerprint density at radius 1 is 0.894 bits per heavy atom. The molecule has 3 aliphatic heterocycles. The molecule has 0 bridgehead atoms. The van der Waals surface area contributed by atoms with Crippen LogP contribution in [0.5, 0.6) is 5.75 Å². The molecule has 3 aromatic rings. The maximum atomic E-state index is 14.8. The van der Waals surface area contributed by atoms with E-state index < -0.39 is 12.1 Å². The Morgan fingerprint density at radius 3 is 2.15 bits per heavy atom. The summed E-state index contributed by atoms with van der Waals surface area (Å²) in [5.41, 5.74) is 2.81. The number of piperazine rings is 1. The first-order valence-corrected chi connectivity index (χ1v) is 16.5. The van der Waals surface area contributed by atoms with Crippen LogP contribution in [0.25, 0.3) is 0 Å². The number of amides is 3. The van der Waals surface area contributed by atoms with Gasteiger partial charge in [-0.3, -0.25) is 19.6 Å². The molecule has 0 unspecified atom stereocenters. The predicted molar refractivity (Wildman–Crippen MR) is 180 cm³/mol. The third kappa shape index (κ3) is 7.24. The molecule has 2 atom stereocenters. The number of hydrogen-bond donors (Lipinski definition) is 0. The van der Waals surface area contributed by atoms with E-state index in [1.807, 2.05) is 65.3 Å². The highest BCUT2D eigenvalue weighted by Gasteiger charge is 2.45. The second-order valence-electron chi connectivity index (χ2n) is 11.6. The molecule has 3 amide bonds. The fourth-order valence-electron chi connectivity index (χ4n) is 6.26. The molecular weight excluding hydrogens is 639 g/mol. The van der Waals surface area contributed by atoms with Crippen LogP contribution in [0.1, 0.15) is 41.3 Å². The van der Waals surface area contributed by atoms with Gasteiger partial charge in [-0.05, 0) is 60.5 Å². The molecule has 0 aliphatic carbocycles. The van der Waals surface area contributed by atoms with E-state index in [4.69, 9.17) is 37.7 Å². The van der Waals surface area contributed by atoms with Crippen molar-refractivity contribution >= 4 is 41.0 Å². The highest BCUT2D eigenvalue weighted by molar-refractivity contribution is 6.30. The summed E-state index contributed by atoms with van der Waals surface area (Å²) >= 11 is 12.6. The van der Waals surface area contributed by atoms with Crippen molar-refractivity contribution in [2.24, 2.45) is 4.99 Å². The van der Waals surface area contributed by atoms with Gasteiger partial charge in [-0.25, -0.2) is 4.79 Å². The molecule has 0 aromatic heterocycles. The van der Waals surface area contributed by atoms with Gasteiger partial charge in [0, 0.05) is 49.3 Å². The second kappa shape index (κ2) is 14.7. The standard InChI is InChI=1S/C35H36Cl2N6O4/c1-2-47-30-21-24(22-38)3-12-29(30)34-39-32(25-4-8-27(36)9-5-25)33(26-6-10-28(37)11-7-26)43(34)35(45)42-15-13-40(14-16-42)23-31(44)41-17-19-46-20-18-41/h3-12,21,32-33H,2,13-20,23H2,1H3/t32-,33+/m0/s1. The number of carbonyl (C=O) groups is 2. The van der Waals surface area contributed by atoms with E-state index in [1.54, 1.807) is 23.1 Å². The SMILES string of the molecule is CCOc1cc(C#N)ccc1C1=N[C@@H](c2ccc(Cl)cc2)[C@@H](c2ccc(Cl)cc2)N1C(=O)N1CCN(CC(=O)N2CCOCC2)CC1. The smallest absolute Gasteiger partial charge is 0.326 e. The van der Waals surface area contributed by atoms with Crippen LogP contribution < -0.4 is 4.74 Å². The first-order valence-electron chi connectivity index (χ1n) is 15.8. The number of nitrogens with zero attached hydrogens (tertiary/aromatic N) is 6. The number of halogens is 2. The van der Waals surface area contributed by atoms with Gasteiger partial charge in [0.15, 0.2) is 0 Å². The molecule has 0 N–H and O–H groups in total. The van der Waals surface area contributed by atoms with Crippen LogP contribution >= 0.6 is 23.2 Å². The number of aliphatic imine (C=N–C) groups is 1. The minimum Gasteiger partial charge on any atom is -0.493 e. The molecule has 10 nitrogen and oxygen atoms in total. The molecule has 2 fully saturated rings. The first-order chi connectivity index (χ1) is 22.9. The zero-order valence-electron chi connectivity index (χ0n) is 26.1. The Kier molecular flexibility index (Phi) is 10.3. The summed E-state index contributed by atoms with van der Waals surface area (Å²) in [6.07, 6.45) is 0. The minimum absolute atomic E-state index is 0.0833. The molecule has 3 heterocycles. The Morgan fingerprint density at radius 2 is 1.53 bits per heavy atom. The lowest BCUT2D eigenvalue weighted by Crippen LogP contribution is -2.56. The van der Waals surface area contributed by atoms with Crippen molar-refractivity contribution in [3.8, 4) is 11.8 Å². The topological polar surface area (TPSA) is 102 Å². The molecule has 6 rings (SSSR count). The van der Waals surface area contributed by atoms with E-state index in [2.05, 4.69) is 11.0 Å². The first kappa shape index (κ1) is 32.8. The van der Waals surface area contributed by atoms with Crippen LogP contribution in [0, 0.1) is 11.3 Å². The van der Waals surface area contributed by atoms with Crippen LogP contribution in [-0.4, -0.2) is 103 Å². The Hall–Kier alpha value is -4.14.